The van der Waals surface area contributed by atoms with Crippen LogP contribution in [0.15, 0.2) is 12.2 Å². The van der Waals surface area contributed by atoms with Gasteiger partial charge in [-0.05, 0) is 6.42 Å². The van der Waals surface area contributed by atoms with Crippen molar-refractivity contribution < 1.29 is 24.9 Å². The number of hydrogen-bond acceptors (Lipinski definition) is 3. The van der Waals surface area contributed by atoms with Gasteiger partial charge < -0.3 is 15.3 Å². The molecule has 0 aromatic heterocycles. The zero-order chi connectivity index (χ0) is 9.40. The van der Waals surface area contributed by atoms with Crippen molar-refractivity contribution in [1.82, 2.24) is 0 Å². The molecule has 0 aromatic carbocycles. The van der Waals surface area contributed by atoms with Crippen molar-refractivity contribution >= 4 is 11.9 Å². The Labute approximate surface area is 76.3 Å². The zero-order valence-electron chi connectivity index (χ0n) is 7.45. The minimum Gasteiger partial charge on any atom is -0.478 e. The molecule has 76 valence electrons. The van der Waals surface area contributed by atoms with Gasteiger partial charge in [-0.1, -0.05) is 13.3 Å². The Morgan fingerprint density at radius 3 is 2.46 bits per heavy atom. The average molecular weight is 190 g/mol. The van der Waals surface area contributed by atoms with E-state index in [2.05, 4.69) is 4.74 Å². The molecule has 0 saturated carbocycles. The highest BCUT2D eigenvalue weighted by atomic mass is 16.5. The lowest BCUT2D eigenvalue weighted by Crippen LogP contribution is -2.02. The second kappa shape index (κ2) is 8.73. The summed E-state index contributed by atoms with van der Waals surface area (Å²) in [6.45, 7) is 2.32. The van der Waals surface area contributed by atoms with Crippen LogP contribution in [0.1, 0.15) is 19.8 Å². The molecular formula is C8H14O5. The van der Waals surface area contributed by atoms with E-state index < -0.39 is 11.9 Å². The highest BCUT2D eigenvalue weighted by Crippen LogP contribution is 1.89. The number of esters is 1. The molecule has 0 fully saturated rings. The number of hydrogen-bond donors (Lipinski definition) is 1. The van der Waals surface area contributed by atoms with Crippen LogP contribution in [0.3, 0.4) is 0 Å². The molecule has 0 aliphatic carbocycles. The third-order valence-electron chi connectivity index (χ3n) is 1.10. The van der Waals surface area contributed by atoms with Gasteiger partial charge in [-0.25, -0.2) is 9.59 Å². The van der Waals surface area contributed by atoms with Crippen molar-refractivity contribution in [3.63, 3.8) is 0 Å². The van der Waals surface area contributed by atoms with Crippen molar-refractivity contribution in [3.8, 4) is 0 Å². The average Bonchev–Trinajstić information content (AvgIpc) is 2.01. The number of aliphatic carboxylic acids is 1. The second-order valence-electron chi connectivity index (χ2n) is 2.19. The summed E-state index contributed by atoms with van der Waals surface area (Å²) in [5, 5.41) is 8.14. The van der Waals surface area contributed by atoms with E-state index in [1.807, 2.05) is 6.92 Å². The summed E-state index contributed by atoms with van der Waals surface area (Å²) < 4.78 is 4.64. The number of carboxylic acid groups (broad SMARTS) is 1. The smallest absolute Gasteiger partial charge is 0.331 e. The molecule has 0 spiro atoms. The summed E-state index contributed by atoms with van der Waals surface area (Å²) in [5.74, 6) is -1.76. The Morgan fingerprint density at radius 2 is 2.00 bits per heavy atom. The Kier molecular flexibility index (Phi) is 9.53. The molecule has 0 amide bonds. The summed E-state index contributed by atoms with van der Waals surface area (Å²) in [6.07, 6.45) is 3.40. The van der Waals surface area contributed by atoms with Crippen molar-refractivity contribution in [2.24, 2.45) is 0 Å². The first-order chi connectivity index (χ1) is 5.66. The van der Waals surface area contributed by atoms with Gasteiger partial charge in [-0.3, -0.25) is 0 Å². The zero-order valence-corrected chi connectivity index (χ0v) is 7.45. The van der Waals surface area contributed by atoms with E-state index in [-0.39, 0.29) is 5.48 Å². The molecule has 0 unspecified atom stereocenters. The van der Waals surface area contributed by atoms with Crippen molar-refractivity contribution in [3.05, 3.63) is 12.2 Å². The molecule has 0 saturated heterocycles. The molecule has 0 aliphatic rings. The van der Waals surface area contributed by atoms with E-state index in [1.165, 1.54) is 0 Å². The number of carbonyl (C=O) groups excluding carboxylic acids is 1. The van der Waals surface area contributed by atoms with E-state index >= 15 is 0 Å². The summed E-state index contributed by atoms with van der Waals surface area (Å²) in [5.41, 5.74) is 0. The van der Waals surface area contributed by atoms with E-state index in [1.54, 1.807) is 0 Å². The van der Waals surface area contributed by atoms with Crippen LogP contribution >= 0.6 is 0 Å². The number of carboxylic acids is 1. The molecule has 0 heterocycles. The van der Waals surface area contributed by atoms with E-state index in [4.69, 9.17) is 5.11 Å². The maximum absolute atomic E-state index is 10.6. The maximum Gasteiger partial charge on any atom is 0.331 e. The molecule has 0 bridgehead atoms. The summed E-state index contributed by atoms with van der Waals surface area (Å²) in [6, 6.07) is 0. The Balaban J connectivity index is 0. The van der Waals surface area contributed by atoms with Gasteiger partial charge in [0.15, 0.2) is 0 Å². The van der Waals surface area contributed by atoms with Crippen LogP contribution in [0.4, 0.5) is 0 Å². The van der Waals surface area contributed by atoms with Crippen LogP contribution in [-0.2, 0) is 14.3 Å². The molecule has 5 nitrogen and oxygen atoms in total. The summed E-state index contributed by atoms with van der Waals surface area (Å²) in [7, 11) is 0. The molecule has 5 heteroatoms. The lowest BCUT2D eigenvalue weighted by molar-refractivity contribution is -0.138. The maximum atomic E-state index is 10.6. The quantitative estimate of drug-likeness (QED) is 0.379. The number of ether oxygens (including phenoxy) is 1. The minimum absolute atomic E-state index is 0. The monoisotopic (exact) mass is 190 g/mol. The van der Waals surface area contributed by atoms with E-state index in [9.17, 15) is 9.59 Å². The summed E-state index contributed by atoms with van der Waals surface area (Å²) >= 11 is 0. The van der Waals surface area contributed by atoms with Gasteiger partial charge in [-0.2, -0.15) is 0 Å². The highest BCUT2D eigenvalue weighted by Gasteiger charge is 1.96. The fourth-order valence-electron chi connectivity index (χ4n) is 0.505. The number of rotatable bonds is 5. The molecule has 0 aromatic rings. The first-order valence-corrected chi connectivity index (χ1v) is 3.74. The number of unbranched alkanes of at least 4 members (excludes halogenated alkanes) is 1. The standard InChI is InChI=1S/C8H12O4.H2O/c1-2-3-6-12-8(11)5-4-7(9)10;/h4-5H,2-3,6H2,1H3,(H,9,10);1H2/b5-4-;. The summed E-state index contributed by atoms with van der Waals surface area (Å²) in [4.78, 5) is 20.6. The van der Waals surface area contributed by atoms with Crippen LogP contribution in [0, 0.1) is 0 Å². The molecule has 3 N–H and O–H groups in total. The topological polar surface area (TPSA) is 95.1 Å². The van der Waals surface area contributed by atoms with Crippen LogP contribution < -0.4 is 0 Å². The van der Waals surface area contributed by atoms with Crippen molar-refractivity contribution in [2.75, 3.05) is 6.61 Å². The Morgan fingerprint density at radius 1 is 1.38 bits per heavy atom. The van der Waals surface area contributed by atoms with Gasteiger partial charge in [0.25, 0.3) is 0 Å². The van der Waals surface area contributed by atoms with Gasteiger partial charge in [0.2, 0.25) is 0 Å². The van der Waals surface area contributed by atoms with E-state index in [0.29, 0.717) is 6.61 Å². The van der Waals surface area contributed by atoms with Crippen LogP contribution in [-0.4, -0.2) is 29.1 Å². The molecule has 0 rings (SSSR count). The largest absolute Gasteiger partial charge is 0.478 e. The molecular weight excluding hydrogens is 176 g/mol. The fraction of sp³-hybridized carbons (Fsp3) is 0.500. The van der Waals surface area contributed by atoms with Gasteiger partial charge >= 0.3 is 11.9 Å². The fourth-order valence-corrected chi connectivity index (χ4v) is 0.505. The molecule has 0 aliphatic heterocycles. The first kappa shape index (κ1) is 14.2. The Bertz CT molecular complexity index is 185. The van der Waals surface area contributed by atoms with Gasteiger partial charge in [0.1, 0.15) is 0 Å². The predicted octanol–water partition coefficient (Wildman–Crippen LogP) is 0.146. The second-order valence-corrected chi connectivity index (χ2v) is 2.19. The van der Waals surface area contributed by atoms with Crippen molar-refractivity contribution in [1.29, 1.82) is 0 Å². The number of carbonyl (C=O) groups is 2. The van der Waals surface area contributed by atoms with Crippen LogP contribution in [0.25, 0.3) is 0 Å². The lowest BCUT2D eigenvalue weighted by atomic mass is 10.4. The third-order valence-corrected chi connectivity index (χ3v) is 1.10. The molecule has 0 atom stereocenters. The van der Waals surface area contributed by atoms with Gasteiger partial charge in [-0.15, -0.1) is 0 Å². The van der Waals surface area contributed by atoms with Gasteiger partial charge in [0, 0.05) is 12.2 Å². The minimum atomic E-state index is -1.15. The molecule has 0 radical (unpaired) electrons. The van der Waals surface area contributed by atoms with E-state index in [0.717, 1.165) is 25.0 Å². The Hall–Kier alpha value is -1.36. The van der Waals surface area contributed by atoms with Crippen molar-refractivity contribution in [2.45, 2.75) is 19.8 Å². The lowest BCUT2D eigenvalue weighted by Gasteiger charge is -1.97. The SMILES string of the molecule is CCCCOC(=O)/C=C\C(=O)O.O. The van der Waals surface area contributed by atoms with Crippen LogP contribution in [0.5, 0.6) is 0 Å². The van der Waals surface area contributed by atoms with Gasteiger partial charge in [0.05, 0.1) is 6.61 Å². The normalized spacial score (nSPS) is 9.31. The predicted molar refractivity (Wildman–Crippen MR) is 46.3 cm³/mol. The first-order valence-electron chi connectivity index (χ1n) is 3.74. The van der Waals surface area contributed by atoms with Crippen LogP contribution in [0.2, 0.25) is 0 Å². The molecule has 13 heavy (non-hydrogen) atoms. The highest BCUT2D eigenvalue weighted by molar-refractivity contribution is 5.90. The third kappa shape index (κ3) is 10.6.